The summed E-state index contributed by atoms with van der Waals surface area (Å²) in [6, 6.07) is 10.2. The van der Waals surface area contributed by atoms with Crippen LogP contribution < -0.4 is 0 Å². The van der Waals surface area contributed by atoms with Gasteiger partial charge in [-0.3, -0.25) is 9.59 Å². The van der Waals surface area contributed by atoms with Gasteiger partial charge in [-0.1, -0.05) is 41.4 Å². The van der Waals surface area contributed by atoms with Gasteiger partial charge in [0.15, 0.2) is 11.6 Å². The normalized spacial score (nSPS) is 13.2. The van der Waals surface area contributed by atoms with Crippen LogP contribution in [0.15, 0.2) is 36.4 Å². The standard InChI is InChI=1S/C15H9ClO2/c1-8-5-6-9-11(7-8)15(18)13-10(14(9)17)3-2-4-12(13)16/h2-7H,1H3. The maximum absolute atomic E-state index is 12.4. The molecule has 18 heavy (non-hydrogen) atoms. The Balaban J connectivity index is 2.36. The Hall–Kier alpha value is -1.93. The molecule has 2 aromatic rings. The van der Waals surface area contributed by atoms with E-state index in [2.05, 4.69) is 0 Å². The Morgan fingerprint density at radius 1 is 0.889 bits per heavy atom. The highest BCUT2D eigenvalue weighted by atomic mass is 35.5. The molecule has 0 fully saturated rings. The smallest absolute Gasteiger partial charge is 0.196 e. The van der Waals surface area contributed by atoms with E-state index in [4.69, 9.17) is 11.6 Å². The number of ketones is 2. The number of fused-ring (bicyclic) bond motifs is 2. The number of carbonyl (C=O) groups is 2. The monoisotopic (exact) mass is 256 g/mol. The molecule has 1 aliphatic carbocycles. The molecule has 0 saturated heterocycles. The Kier molecular flexibility index (Phi) is 2.35. The molecule has 2 nitrogen and oxygen atoms in total. The Labute approximate surface area is 109 Å². The summed E-state index contributed by atoms with van der Waals surface area (Å²) in [6.45, 7) is 1.89. The van der Waals surface area contributed by atoms with Gasteiger partial charge in [-0.2, -0.15) is 0 Å². The van der Waals surface area contributed by atoms with E-state index in [0.29, 0.717) is 27.3 Å². The molecule has 3 heteroatoms. The molecule has 0 N–H and O–H groups in total. The lowest BCUT2D eigenvalue weighted by atomic mass is 9.83. The van der Waals surface area contributed by atoms with Crippen molar-refractivity contribution in [2.45, 2.75) is 6.92 Å². The van der Waals surface area contributed by atoms with Gasteiger partial charge < -0.3 is 0 Å². The fourth-order valence-corrected chi connectivity index (χ4v) is 2.53. The van der Waals surface area contributed by atoms with Crippen molar-refractivity contribution in [1.29, 1.82) is 0 Å². The van der Waals surface area contributed by atoms with Crippen LogP contribution in [-0.2, 0) is 0 Å². The van der Waals surface area contributed by atoms with Gasteiger partial charge >= 0.3 is 0 Å². The number of carbonyl (C=O) groups excluding carboxylic acids is 2. The summed E-state index contributed by atoms with van der Waals surface area (Å²) >= 11 is 6.04. The Morgan fingerprint density at radius 3 is 2.44 bits per heavy atom. The summed E-state index contributed by atoms with van der Waals surface area (Å²) in [4.78, 5) is 24.7. The van der Waals surface area contributed by atoms with Crippen molar-refractivity contribution in [2.24, 2.45) is 0 Å². The molecule has 0 radical (unpaired) electrons. The molecule has 0 aromatic heterocycles. The van der Waals surface area contributed by atoms with Gasteiger partial charge in [-0.25, -0.2) is 0 Å². The lowest BCUT2D eigenvalue weighted by molar-refractivity contribution is 0.0979. The second-order valence-corrected chi connectivity index (χ2v) is 4.78. The summed E-state index contributed by atoms with van der Waals surface area (Å²) in [7, 11) is 0. The highest BCUT2D eigenvalue weighted by molar-refractivity contribution is 6.39. The minimum absolute atomic E-state index is 0.137. The number of aryl methyl sites for hydroxylation is 1. The minimum Gasteiger partial charge on any atom is -0.289 e. The second kappa shape index (κ2) is 3.79. The second-order valence-electron chi connectivity index (χ2n) is 4.37. The fraction of sp³-hybridized carbons (Fsp3) is 0.0667. The van der Waals surface area contributed by atoms with Gasteiger partial charge in [-0.05, 0) is 19.1 Å². The van der Waals surface area contributed by atoms with Crippen LogP contribution in [0.25, 0.3) is 0 Å². The number of hydrogen-bond donors (Lipinski definition) is 0. The zero-order valence-corrected chi connectivity index (χ0v) is 10.4. The summed E-state index contributed by atoms with van der Waals surface area (Å²) in [6.07, 6.45) is 0. The zero-order valence-electron chi connectivity index (χ0n) is 9.66. The molecule has 0 amide bonds. The minimum atomic E-state index is -0.172. The van der Waals surface area contributed by atoms with E-state index in [1.165, 1.54) is 0 Å². The molecule has 0 saturated carbocycles. The van der Waals surface area contributed by atoms with Crippen molar-refractivity contribution in [3.05, 3.63) is 69.2 Å². The topological polar surface area (TPSA) is 34.1 Å². The molecular formula is C15H9ClO2. The van der Waals surface area contributed by atoms with Crippen molar-refractivity contribution < 1.29 is 9.59 Å². The van der Waals surface area contributed by atoms with Crippen LogP contribution in [0.3, 0.4) is 0 Å². The largest absolute Gasteiger partial charge is 0.289 e. The predicted octanol–water partition coefficient (Wildman–Crippen LogP) is 3.42. The SMILES string of the molecule is Cc1ccc2c(c1)C(=O)c1c(Cl)cccc1C2=O. The third kappa shape index (κ3) is 1.42. The number of benzene rings is 2. The summed E-state index contributed by atoms with van der Waals surface area (Å²) in [5.74, 6) is -0.309. The summed E-state index contributed by atoms with van der Waals surface area (Å²) < 4.78 is 0. The first-order chi connectivity index (χ1) is 8.59. The number of hydrogen-bond acceptors (Lipinski definition) is 2. The van der Waals surface area contributed by atoms with Gasteiger partial charge in [0.25, 0.3) is 0 Å². The van der Waals surface area contributed by atoms with Crippen molar-refractivity contribution >= 4 is 23.2 Å². The third-order valence-corrected chi connectivity index (χ3v) is 3.46. The maximum atomic E-state index is 12.4. The quantitative estimate of drug-likeness (QED) is 0.618. The maximum Gasteiger partial charge on any atom is 0.196 e. The molecule has 1 aliphatic rings. The first-order valence-electron chi connectivity index (χ1n) is 5.58. The average Bonchev–Trinajstić information content (AvgIpc) is 2.35. The molecule has 0 atom stereocenters. The Bertz CT molecular complexity index is 702. The van der Waals surface area contributed by atoms with Crippen molar-refractivity contribution in [2.75, 3.05) is 0 Å². The zero-order chi connectivity index (χ0) is 12.9. The van der Waals surface area contributed by atoms with Gasteiger partial charge in [0.1, 0.15) is 0 Å². The van der Waals surface area contributed by atoms with E-state index in [1.807, 2.05) is 13.0 Å². The van der Waals surface area contributed by atoms with Crippen molar-refractivity contribution in [1.82, 2.24) is 0 Å². The third-order valence-electron chi connectivity index (χ3n) is 3.15. The molecular weight excluding hydrogens is 248 g/mol. The summed E-state index contributed by atoms with van der Waals surface area (Å²) in [5.41, 5.74) is 2.57. The average molecular weight is 257 g/mol. The van der Waals surface area contributed by atoms with Crippen molar-refractivity contribution in [3.63, 3.8) is 0 Å². The van der Waals surface area contributed by atoms with E-state index in [-0.39, 0.29) is 11.6 Å². The number of halogens is 1. The summed E-state index contributed by atoms with van der Waals surface area (Å²) in [5, 5.41) is 0.331. The predicted molar refractivity (Wildman–Crippen MR) is 69.5 cm³/mol. The molecule has 0 spiro atoms. The first kappa shape index (κ1) is 11.2. The van der Waals surface area contributed by atoms with Crippen LogP contribution in [0.4, 0.5) is 0 Å². The van der Waals surface area contributed by atoms with Gasteiger partial charge in [-0.15, -0.1) is 0 Å². The molecule has 2 aromatic carbocycles. The van der Waals surface area contributed by atoms with Crippen molar-refractivity contribution in [3.8, 4) is 0 Å². The molecule has 0 unspecified atom stereocenters. The van der Waals surface area contributed by atoms with Gasteiger partial charge in [0.2, 0.25) is 0 Å². The van der Waals surface area contributed by atoms with E-state index in [1.54, 1.807) is 30.3 Å². The van der Waals surface area contributed by atoms with E-state index in [9.17, 15) is 9.59 Å². The van der Waals surface area contributed by atoms with Crippen LogP contribution in [-0.4, -0.2) is 11.6 Å². The van der Waals surface area contributed by atoms with E-state index in [0.717, 1.165) is 5.56 Å². The molecule has 88 valence electrons. The van der Waals surface area contributed by atoms with Crippen LogP contribution in [0.2, 0.25) is 5.02 Å². The lowest BCUT2D eigenvalue weighted by Gasteiger charge is -2.18. The van der Waals surface area contributed by atoms with Gasteiger partial charge in [0.05, 0.1) is 10.6 Å². The molecule has 0 heterocycles. The lowest BCUT2D eigenvalue weighted by Crippen LogP contribution is -2.21. The van der Waals surface area contributed by atoms with Crippen LogP contribution in [0, 0.1) is 6.92 Å². The molecule has 0 aliphatic heterocycles. The molecule has 0 bridgehead atoms. The van der Waals surface area contributed by atoms with Crippen LogP contribution in [0.5, 0.6) is 0 Å². The first-order valence-corrected chi connectivity index (χ1v) is 5.96. The van der Waals surface area contributed by atoms with Crippen LogP contribution >= 0.6 is 11.6 Å². The highest BCUT2D eigenvalue weighted by Gasteiger charge is 2.30. The number of rotatable bonds is 0. The van der Waals surface area contributed by atoms with Crippen LogP contribution in [0.1, 0.15) is 37.4 Å². The fourth-order valence-electron chi connectivity index (χ4n) is 2.27. The molecule has 3 rings (SSSR count). The van der Waals surface area contributed by atoms with Gasteiger partial charge in [0, 0.05) is 16.7 Å². The van der Waals surface area contributed by atoms with E-state index >= 15 is 0 Å². The highest BCUT2D eigenvalue weighted by Crippen LogP contribution is 2.31. The van der Waals surface area contributed by atoms with E-state index < -0.39 is 0 Å². The Morgan fingerprint density at radius 2 is 1.67 bits per heavy atom.